The smallest absolute Gasteiger partial charge is 0.388 e. The lowest BCUT2D eigenvalue weighted by Crippen LogP contribution is -2.38. The zero-order valence-corrected chi connectivity index (χ0v) is 13.6. The van der Waals surface area contributed by atoms with E-state index in [4.69, 9.17) is 11.6 Å². The van der Waals surface area contributed by atoms with Gasteiger partial charge in [-0.15, -0.1) is 11.6 Å². The van der Waals surface area contributed by atoms with Crippen molar-refractivity contribution in [3.05, 3.63) is 35.8 Å². The second kappa shape index (κ2) is 7.49. The third kappa shape index (κ3) is 4.49. The van der Waals surface area contributed by atoms with Crippen molar-refractivity contribution in [2.45, 2.75) is 12.6 Å². The molecular weight excluding hydrogens is 308 g/mol. The number of benzene rings is 1. The fourth-order valence-corrected chi connectivity index (χ4v) is 2.50. The summed E-state index contributed by atoms with van der Waals surface area (Å²) >= 11 is 7.09. The van der Waals surface area contributed by atoms with E-state index in [9.17, 15) is 5.11 Å². The first kappa shape index (κ1) is 15.9. The zero-order chi connectivity index (χ0) is 15.2. The second-order valence-electron chi connectivity index (χ2n) is 4.76. The van der Waals surface area contributed by atoms with Crippen LogP contribution < -0.4 is 9.47 Å². The molecule has 2 rings (SSSR count). The molecule has 2 aromatic rings. The van der Waals surface area contributed by atoms with Crippen LogP contribution in [0, 0.1) is 0 Å². The SMILES string of the molecule is CN(C)c1ccc(N=Nc2scc[n+]2CC(O)CCl)cc1. The van der Waals surface area contributed by atoms with Gasteiger partial charge in [-0.05, 0) is 40.7 Å². The number of rotatable bonds is 6. The Morgan fingerprint density at radius 2 is 2.00 bits per heavy atom. The molecule has 1 heterocycles. The normalized spacial score (nSPS) is 12.8. The minimum Gasteiger partial charge on any atom is -0.388 e. The van der Waals surface area contributed by atoms with Gasteiger partial charge in [0.05, 0.1) is 11.0 Å². The number of aliphatic hydroxyl groups excluding tert-OH is 1. The molecule has 1 aromatic heterocycles. The molecule has 1 N–H and O–H groups in total. The van der Waals surface area contributed by atoms with E-state index in [1.54, 1.807) is 0 Å². The number of alkyl halides is 1. The highest BCUT2D eigenvalue weighted by Crippen LogP contribution is 2.21. The summed E-state index contributed by atoms with van der Waals surface area (Å²) < 4.78 is 1.84. The van der Waals surface area contributed by atoms with Gasteiger partial charge in [0, 0.05) is 25.2 Å². The van der Waals surface area contributed by atoms with Gasteiger partial charge in [0.15, 0.2) is 0 Å². The quantitative estimate of drug-likeness (QED) is 0.504. The Hall–Kier alpha value is -1.50. The number of hydrogen-bond acceptors (Lipinski definition) is 5. The Balaban J connectivity index is 2.09. The Morgan fingerprint density at radius 1 is 1.29 bits per heavy atom. The van der Waals surface area contributed by atoms with Gasteiger partial charge in [0.1, 0.15) is 24.5 Å². The number of hydrogen-bond donors (Lipinski definition) is 1. The van der Waals surface area contributed by atoms with Crippen molar-refractivity contribution in [1.82, 2.24) is 0 Å². The second-order valence-corrected chi connectivity index (χ2v) is 5.94. The van der Waals surface area contributed by atoms with Crippen molar-refractivity contribution in [1.29, 1.82) is 0 Å². The highest BCUT2D eigenvalue weighted by molar-refractivity contribution is 7.12. The minimum absolute atomic E-state index is 0.200. The molecule has 0 radical (unpaired) electrons. The van der Waals surface area contributed by atoms with E-state index in [1.165, 1.54) is 11.3 Å². The molecule has 0 spiro atoms. The summed E-state index contributed by atoms with van der Waals surface area (Å²) in [6, 6.07) is 7.83. The third-order valence-electron chi connectivity index (χ3n) is 2.86. The van der Waals surface area contributed by atoms with Crippen LogP contribution in [0.3, 0.4) is 0 Å². The highest BCUT2D eigenvalue weighted by atomic mass is 35.5. The number of halogens is 1. The van der Waals surface area contributed by atoms with Crippen molar-refractivity contribution in [2.75, 3.05) is 24.9 Å². The van der Waals surface area contributed by atoms with Crippen LogP contribution in [0.5, 0.6) is 0 Å². The van der Waals surface area contributed by atoms with E-state index in [2.05, 4.69) is 10.2 Å². The molecule has 112 valence electrons. The molecule has 21 heavy (non-hydrogen) atoms. The van der Waals surface area contributed by atoms with Crippen molar-refractivity contribution in [3.8, 4) is 0 Å². The fourth-order valence-electron chi connectivity index (χ4n) is 1.71. The van der Waals surface area contributed by atoms with Crippen LogP contribution in [0.2, 0.25) is 0 Å². The lowest BCUT2D eigenvalue weighted by atomic mass is 10.3. The van der Waals surface area contributed by atoms with Crippen molar-refractivity contribution >= 4 is 39.4 Å². The van der Waals surface area contributed by atoms with Crippen LogP contribution >= 0.6 is 22.9 Å². The molecule has 0 aliphatic rings. The molecule has 0 saturated carbocycles. The number of anilines is 1. The first-order valence-electron chi connectivity index (χ1n) is 6.50. The van der Waals surface area contributed by atoms with Gasteiger partial charge in [0.2, 0.25) is 0 Å². The van der Waals surface area contributed by atoms with Crippen molar-refractivity contribution < 1.29 is 9.67 Å². The maximum atomic E-state index is 9.60. The van der Waals surface area contributed by atoms with Crippen LogP contribution in [0.15, 0.2) is 46.1 Å². The maximum absolute atomic E-state index is 9.60. The fraction of sp³-hybridized carbons (Fsp3) is 0.357. The zero-order valence-electron chi connectivity index (χ0n) is 12.0. The van der Waals surface area contributed by atoms with Gasteiger partial charge in [0.25, 0.3) is 0 Å². The Labute approximate surface area is 133 Å². The molecule has 0 aliphatic heterocycles. The molecule has 1 atom stereocenters. The van der Waals surface area contributed by atoms with E-state index in [0.717, 1.165) is 16.5 Å². The molecule has 7 heteroatoms. The van der Waals surface area contributed by atoms with Crippen molar-refractivity contribution in [3.63, 3.8) is 0 Å². The number of aliphatic hydroxyl groups is 1. The summed E-state index contributed by atoms with van der Waals surface area (Å²) in [7, 11) is 3.99. The third-order valence-corrected chi connectivity index (χ3v) is 4.00. The summed E-state index contributed by atoms with van der Waals surface area (Å²) in [5.74, 6) is 0.200. The van der Waals surface area contributed by atoms with Crippen LogP contribution in [-0.2, 0) is 6.54 Å². The number of nitrogens with zero attached hydrogens (tertiary/aromatic N) is 4. The van der Waals surface area contributed by atoms with Gasteiger partial charge in [-0.2, -0.15) is 0 Å². The van der Waals surface area contributed by atoms with Gasteiger partial charge >= 0.3 is 5.13 Å². The topological polar surface area (TPSA) is 52.1 Å². The number of aromatic nitrogens is 1. The summed E-state index contributed by atoms with van der Waals surface area (Å²) in [6.07, 6.45) is 1.28. The molecule has 1 aromatic carbocycles. The molecular formula is C14H18ClN4OS+. The summed E-state index contributed by atoms with van der Waals surface area (Å²) in [5.41, 5.74) is 1.91. The van der Waals surface area contributed by atoms with E-state index in [0.29, 0.717) is 6.54 Å². The van der Waals surface area contributed by atoms with E-state index in [1.807, 2.05) is 59.4 Å². The molecule has 0 amide bonds. The number of thiazole rings is 1. The van der Waals surface area contributed by atoms with Gasteiger partial charge in [-0.1, -0.05) is 0 Å². The molecule has 1 unspecified atom stereocenters. The Bertz CT molecular complexity index is 597. The average Bonchev–Trinajstić information content (AvgIpc) is 2.92. The maximum Gasteiger partial charge on any atom is 0.408 e. The van der Waals surface area contributed by atoms with E-state index >= 15 is 0 Å². The average molecular weight is 326 g/mol. The lowest BCUT2D eigenvalue weighted by molar-refractivity contribution is -0.686. The predicted octanol–water partition coefficient (Wildman–Crippen LogP) is 3.12. The Morgan fingerprint density at radius 3 is 2.62 bits per heavy atom. The van der Waals surface area contributed by atoms with Crippen molar-refractivity contribution in [2.24, 2.45) is 10.2 Å². The molecule has 0 aliphatic carbocycles. The first-order chi connectivity index (χ1) is 10.1. The standard InChI is InChI=1S/C14H18ClN4OS/c1-18(2)12-5-3-11(4-6-12)16-17-14-19(7-8-21-14)10-13(20)9-15/h3-8,13,20H,9-10H2,1-2H3/q+1. The lowest BCUT2D eigenvalue weighted by Gasteiger charge is -2.11. The molecule has 0 bridgehead atoms. The van der Waals surface area contributed by atoms with Crippen LogP contribution in [0.25, 0.3) is 0 Å². The summed E-state index contributed by atoms with van der Waals surface area (Å²) in [4.78, 5) is 2.03. The van der Waals surface area contributed by atoms with E-state index in [-0.39, 0.29) is 5.88 Å². The molecule has 5 nitrogen and oxygen atoms in total. The van der Waals surface area contributed by atoms with Gasteiger partial charge in [-0.3, -0.25) is 0 Å². The summed E-state index contributed by atoms with van der Waals surface area (Å²) in [6.45, 7) is 0.418. The Kier molecular flexibility index (Phi) is 5.67. The number of azo groups is 1. The van der Waals surface area contributed by atoms with Crippen LogP contribution in [0.1, 0.15) is 0 Å². The molecule has 0 saturated heterocycles. The van der Waals surface area contributed by atoms with Gasteiger partial charge < -0.3 is 10.0 Å². The highest BCUT2D eigenvalue weighted by Gasteiger charge is 2.15. The van der Waals surface area contributed by atoms with Gasteiger partial charge in [-0.25, -0.2) is 4.57 Å². The summed E-state index contributed by atoms with van der Waals surface area (Å²) in [5, 5.41) is 20.7. The van der Waals surface area contributed by atoms with Crippen LogP contribution in [0.4, 0.5) is 16.5 Å². The largest absolute Gasteiger partial charge is 0.408 e. The predicted molar refractivity (Wildman–Crippen MR) is 86.2 cm³/mol. The monoisotopic (exact) mass is 325 g/mol. The van der Waals surface area contributed by atoms with Crippen LogP contribution in [-0.4, -0.2) is 31.2 Å². The molecule has 0 fully saturated rings. The first-order valence-corrected chi connectivity index (χ1v) is 7.91. The van der Waals surface area contributed by atoms with E-state index < -0.39 is 6.10 Å². The minimum atomic E-state index is -0.584.